The molecule has 0 atom stereocenters. The molecule has 0 aromatic heterocycles. The number of carbonyl (C=O) groups is 2. The van der Waals surface area contributed by atoms with E-state index in [9.17, 15) is 14.7 Å². The number of amides is 1. The van der Waals surface area contributed by atoms with Crippen LogP contribution >= 0.6 is 22.6 Å². The van der Waals surface area contributed by atoms with Crippen LogP contribution in [0.5, 0.6) is 11.5 Å². The molecule has 4 aromatic rings. The number of hydrogen-bond donors (Lipinski definition) is 2. The van der Waals surface area contributed by atoms with Gasteiger partial charge >= 0.3 is 5.97 Å². The minimum Gasteiger partial charge on any atom is -0.493 e. The fourth-order valence-corrected chi connectivity index (χ4v) is 4.41. The number of ether oxygens (including phenoxy) is 2. The van der Waals surface area contributed by atoms with Crippen LogP contribution in [0.4, 0.5) is 0 Å². The van der Waals surface area contributed by atoms with Gasteiger partial charge in [0.1, 0.15) is 0 Å². The largest absolute Gasteiger partial charge is 0.493 e. The van der Waals surface area contributed by atoms with Crippen molar-refractivity contribution in [1.82, 2.24) is 5.43 Å². The first-order valence-corrected chi connectivity index (χ1v) is 12.3. The normalized spacial score (nSPS) is 11.2. The Hall–Kier alpha value is -4.02. The molecule has 0 saturated heterocycles. The van der Waals surface area contributed by atoms with Gasteiger partial charge in [0, 0.05) is 0 Å². The third-order valence-corrected chi connectivity index (χ3v) is 6.35. The van der Waals surface area contributed by atoms with Gasteiger partial charge in [0.2, 0.25) is 0 Å². The molecule has 0 aliphatic heterocycles. The molecule has 4 rings (SSSR count). The Morgan fingerprint density at radius 1 is 0.892 bits per heavy atom. The molecular formula is C29H23IN2O5. The first-order chi connectivity index (χ1) is 17.9. The first-order valence-electron chi connectivity index (χ1n) is 11.2. The average Bonchev–Trinajstić information content (AvgIpc) is 2.95. The smallest absolute Gasteiger partial charge is 0.343 e. The van der Waals surface area contributed by atoms with Crippen LogP contribution in [0.1, 0.15) is 27.0 Å². The second-order valence-electron chi connectivity index (χ2n) is 7.93. The van der Waals surface area contributed by atoms with E-state index < -0.39 is 17.5 Å². The van der Waals surface area contributed by atoms with Crippen molar-refractivity contribution in [3.63, 3.8) is 0 Å². The zero-order chi connectivity index (χ0) is 26.3. The maximum absolute atomic E-state index is 13.2. The van der Waals surface area contributed by atoms with Gasteiger partial charge in [-0.15, -0.1) is 0 Å². The lowest BCUT2D eigenvalue weighted by Gasteiger charge is -2.27. The summed E-state index contributed by atoms with van der Waals surface area (Å²) < 4.78 is 11.6. The molecular weight excluding hydrogens is 583 g/mol. The summed E-state index contributed by atoms with van der Waals surface area (Å²) in [5.41, 5.74) is 2.33. The van der Waals surface area contributed by atoms with Crippen molar-refractivity contribution in [1.29, 1.82) is 0 Å². The fraction of sp³-hybridized carbons (Fsp3) is 0.0690. The lowest BCUT2D eigenvalue weighted by molar-refractivity contribution is -0.136. The van der Waals surface area contributed by atoms with Crippen LogP contribution in [0.25, 0.3) is 0 Å². The quantitative estimate of drug-likeness (QED) is 0.0978. The van der Waals surface area contributed by atoms with Gasteiger partial charge in [-0.1, -0.05) is 78.9 Å². The molecule has 4 aromatic carbocycles. The Kier molecular flexibility index (Phi) is 8.32. The highest BCUT2D eigenvalue weighted by Crippen LogP contribution is 2.34. The van der Waals surface area contributed by atoms with E-state index in [1.54, 1.807) is 97.1 Å². The number of halogens is 1. The van der Waals surface area contributed by atoms with Gasteiger partial charge in [-0.3, -0.25) is 4.79 Å². The van der Waals surface area contributed by atoms with Crippen molar-refractivity contribution in [2.75, 3.05) is 7.11 Å². The number of hydrogen-bond acceptors (Lipinski definition) is 6. The lowest BCUT2D eigenvalue weighted by Crippen LogP contribution is -2.43. The van der Waals surface area contributed by atoms with Crippen LogP contribution in [0.2, 0.25) is 0 Å². The van der Waals surface area contributed by atoms with E-state index in [0.717, 1.165) is 0 Å². The summed E-state index contributed by atoms with van der Waals surface area (Å²) in [4.78, 5) is 25.7. The summed E-state index contributed by atoms with van der Waals surface area (Å²) in [6.07, 6.45) is 1.42. The van der Waals surface area contributed by atoms with E-state index in [-0.39, 0.29) is 5.75 Å². The Balaban J connectivity index is 1.55. The van der Waals surface area contributed by atoms with Crippen molar-refractivity contribution >= 4 is 40.7 Å². The van der Waals surface area contributed by atoms with Crippen molar-refractivity contribution < 1.29 is 24.2 Å². The Morgan fingerprint density at radius 2 is 1.43 bits per heavy atom. The second-order valence-corrected chi connectivity index (χ2v) is 9.09. The lowest BCUT2D eigenvalue weighted by atomic mass is 9.85. The van der Waals surface area contributed by atoms with Crippen LogP contribution in [-0.2, 0) is 10.4 Å². The number of esters is 1. The van der Waals surface area contributed by atoms with Crippen molar-refractivity contribution in [2.24, 2.45) is 5.10 Å². The highest BCUT2D eigenvalue weighted by atomic mass is 127. The highest BCUT2D eigenvalue weighted by molar-refractivity contribution is 14.1. The molecule has 1 amide bonds. The highest BCUT2D eigenvalue weighted by Gasteiger charge is 2.39. The molecule has 0 spiro atoms. The monoisotopic (exact) mass is 606 g/mol. The van der Waals surface area contributed by atoms with Crippen molar-refractivity contribution in [3.05, 3.63) is 129 Å². The average molecular weight is 606 g/mol. The Morgan fingerprint density at radius 3 is 1.97 bits per heavy atom. The Bertz CT molecular complexity index is 1370. The van der Waals surface area contributed by atoms with Crippen LogP contribution < -0.4 is 14.9 Å². The van der Waals surface area contributed by atoms with Crippen LogP contribution in [0.15, 0.2) is 108 Å². The number of hydrazone groups is 1. The Labute approximate surface area is 227 Å². The zero-order valence-electron chi connectivity index (χ0n) is 19.8. The number of nitrogens with one attached hydrogen (secondary N) is 1. The fourth-order valence-electron chi connectivity index (χ4n) is 3.67. The molecule has 0 radical (unpaired) electrons. The first kappa shape index (κ1) is 26.1. The van der Waals surface area contributed by atoms with E-state index in [1.807, 2.05) is 28.7 Å². The summed E-state index contributed by atoms with van der Waals surface area (Å²) >= 11 is 2.03. The molecule has 37 heavy (non-hydrogen) atoms. The maximum Gasteiger partial charge on any atom is 0.343 e. The number of rotatable bonds is 8. The van der Waals surface area contributed by atoms with Gasteiger partial charge in [-0.2, -0.15) is 5.10 Å². The van der Waals surface area contributed by atoms with Gasteiger partial charge < -0.3 is 14.6 Å². The SMILES string of the molecule is COc1cc(/C=N\NC(=O)C(O)(c2ccccc2)c2ccccc2)cc(I)c1OC(=O)c1ccccc1. The standard InChI is InChI=1S/C29H23IN2O5/c1-36-25-18-20(17-24(30)26(25)37-27(33)21-11-5-2-6-12-21)19-31-32-28(34)29(35,22-13-7-3-8-14-22)23-15-9-4-10-16-23/h2-19,35H,1H3,(H,32,34)/b31-19-. The molecule has 2 N–H and O–H groups in total. The molecule has 186 valence electrons. The van der Waals surface area contributed by atoms with Gasteiger partial charge in [0.05, 0.1) is 22.5 Å². The van der Waals surface area contributed by atoms with Crippen LogP contribution in [0.3, 0.4) is 0 Å². The summed E-state index contributed by atoms with van der Waals surface area (Å²) in [7, 11) is 1.47. The maximum atomic E-state index is 13.2. The third kappa shape index (κ3) is 5.87. The van der Waals surface area contributed by atoms with Crippen LogP contribution in [-0.4, -0.2) is 30.3 Å². The molecule has 8 heteroatoms. The van der Waals surface area contributed by atoms with E-state index in [1.165, 1.54) is 13.3 Å². The summed E-state index contributed by atoms with van der Waals surface area (Å²) in [6.45, 7) is 0. The van der Waals surface area contributed by atoms with Gasteiger partial charge in [-0.05, 0) is 63.5 Å². The summed E-state index contributed by atoms with van der Waals surface area (Å²) in [6, 6.07) is 29.3. The predicted molar refractivity (Wildman–Crippen MR) is 149 cm³/mol. The van der Waals surface area contributed by atoms with Gasteiger partial charge in [-0.25, -0.2) is 10.2 Å². The predicted octanol–water partition coefficient (Wildman–Crippen LogP) is 4.91. The molecule has 0 heterocycles. The number of benzene rings is 4. The van der Waals surface area contributed by atoms with E-state index in [2.05, 4.69) is 10.5 Å². The summed E-state index contributed by atoms with van der Waals surface area (Å²) in [5.74, 6) is -0.613. The minimum absolute atomic E-state index is 0.278. The van der Waals surface area contributed by atoms with Crippen molar-refractivity contribution in [3.8, 4) is 11.5 Å². The van der Waals surface area contributed by atoms with E-state index in [4.69, 9.17) is 9.47 Å². The number of nitrogens with zero attached hydrogens (tertiary/aromatic N) is 1. The van der Waals surface area contributed by atoms with Crippen LogP contribution in [0, 0.1) is 3.57 Å². The van der Waals surface area contributed by atoms with E-state index >= 15 is 0 Å². The van der Waals surface area contributed by atoms with Crippen molar-refractivity contribution in [2.45, 2.75) is 5.60 Å². The molecule has 0 saturated carbocycles. The molecule has 7 nitrogen and oxygen atoms in total. The second kappa shape index (κ2) is 11.8. The molecule has 0 unspecified atom stereocenters. The molecule has 0 aliphatic rings. The number of carbonyl (C=O) groups excluding carboxylic acids is 2. The number of methoxy groups -OCH3 is 1. The summed E-state index contributed by atoms with van der Waals surface area (Å²) in [5, 5.41) is 15.6. The van der Waals surface area contributed by atoms with E-state index in [0.29, 0.717) is 31.6 Å². The molecule has 0 bridgehead atoms. The topological polar surface area (TPSA) is 97.2 Å². The zero-order valence-corrected chi connectivity index (χ0v) is 22.0. The molecule has 0 aliphatic carbocycles. The number of aliphatic hydroxyl groups is 1. The minimum atomic E-state index is -1.94. The molecule has 0 fully saturated rings. The van der Waals surface area contributed by atoms with Gasteiger partial charge in [0.25, 0.3) is 5.91 Å². The van der Waals surface area contributed by atoms with Gasteiger partial charge in [0.15, 0.2) is 17.1 Å². The third-order valence-electron chi connectivity index (χ3n) is 5.55.